The van der Waals surface area contributed by atoms with Crippen molar-refractivity contribution in [1.82, 2.24) is 14.9 Å². The van der Waals surface area contributed by atoms with E-state index < -0.39 is 0 Å². The Hall–Kier alpha value is -1.36. The van der Waals surface area contributed by atoms with E-state index in [0.717, 1.165) is 13.0 Å². The van der Waals surface area contributed by atoms with Crippen molar-refractivity contribution in [2.24, 2.45) is 0 Å². The lowest BCUT2D eigenvalue weighted by atomic mass is 10.3. The molecule has 0 aromatic carbocycles. The van der Waals surface area contributed by atoms with Gasteiger partial charge in [-0.2, -0.15) is 0 Å². The molecular weight excluding hydrogens is 194 g/mol. The van der Waals surface area contributed by atoms with Gasteiger partial charge in [0.1, 0.15) is 0 Å². The molecule has 1 heterocycles. The van der Waals surface area contributed by atoms with Gasteiger partial charge >= 0.3 is 0 Å². The minimum absolute atomic E-state index is 0.0440. The van der Waals surface area contributed by atoms with Gasteiger partial charge in [0.25, 0.3) is 0 Å². The third-order valence-electron chi connectivity index (χ3n) is 2.01. The molecule has 15 heavy (non-hydrogen) atoms. The van der Waals surface area contributed by atoms with Crippen LogP contribution in [0.25, 0.3) is 0 Å². The topological polar surface area (TPSA) is 56.1 Å². The summed E-state index contributed by atoms with van der Waals surface area (Å²) in [7, 11) is 1.59. The summed E-state index contributed by atoms with van der Waals surface area (Å²) in [6, 6.07) is 0. The molecule has 0 bridgehead atoms. The number of methoxy groups -OCH3 is 1. The van der Waals surface area contributed by atoms with E-state index in [1.165, 1.54) is 0 Å². The van der Waals surface area contributed by atoms with E-state index >= 15 is 0 Å². The number of ether oxygens (including phenoxy) is 1. The summed E-state index contributed by atoms with van der Waals surface area (Å²) in [5.74, 6) is 0.0440. The summed E-state index contributed by atoms with van der Waals surface area (Å²) in [5, 5.41) is 2.83. The molecule has 1 rings (SSSR count). The molecular formula is C10H17N3O2. The molecule has 0 radical (unpaired) electrons. The second kappa shape index (κ2) is 7.00. The van der Waals surface area contributed by atoms with Crippen LogP contribution in [0.5, 0.6) is 0 Å². The van der Waals surface area contributed by atoms with Crippen LogP contribution in [-0.2, 0) is 16.1 Å². The number of aryl methyl sites for hydroxylation is 1. The number of hydrogen-bond donors (Lipinski definition) is 1. The highest BCUT2D eigenvalue weighted by Crippen LogP contribution is 1.89. The van der Waals surface area contributed by atoms with Crippen LogP contribution >= 0.6 is 0 Å². The first kappa shape index (κ1) is 11.7. The van der Waals surface area contributed by atoms with Crippen molar-refractivity contribution < 1.29 is 9.53 Å². The predicted octanol–water partition coefficient (Wildman–Crippen LogP) is 0.426. The van der Waals surface area contributed by atoms with Crippen LogP contribution in [-0.4, -0.2) is 35.7 Å². The normalized spacial score (nSPS) is 10.2. The number of imidazole rings is 1. The van der Waals surface area contributed by atoms with Crippen LogP contribution in [0.1, 0.15) is 12.8 Å². The van der Waals surface area contributed by atoms with E-state index in [0.29, 0.717) is 19.6 Å². The number of hydrogen-bond acceptors (Lipinski definition) is 3. The van der Waals surface area contributed by atoms with Crippen molar-refractivity contribution in [3.8, 4) is 0 Å². The van der Waals surface area contributed by atoms with Gasteiger partial charge in [0.15, 0.2) is 0 Å². The molecule has 0 unspecified atom stereocenters. The van der Waals surface area contributed by atoms with Gasteiger partial charge in [-0.25, -0.2) is 4.98 Å². The molecule has 84 valence electrons. The van der Waals surface area contributed by atoms with Gasteiger partial charge in [-0.3, -0.25) is 4.79 Å². The number of nitrogens with zero attached hydrogens (tertiary/aromatic N) is 2. The van der Waals surface area contributed by atoms with Gasteiger partial charge in [-0.15, -0.1) is 0 Å². The zero-order valence-electron chi connectivity index (χ0n) is 8.98. The van der Waals surface area contributed by atoms with E-state index in [1.54, 1.807) is 19.6 Å². The van der Waals surface area contributed by atoms with Crippen LogP contribution < -0.4 is 5.32 Å². The maximum atomic E-state index is 11.2. The monoisotopic (exact) mass is 211 g/mol. The fraction of sp³-hybridized carbons (Fsp3) is 0.600. The number of aromatic nitrogens is 2. The molecule has 5 heteroatoms. The Balaban J connectivity index is 1.99. The summed E-state index contributed by atoms with van der Waals surface area (Å²) >= 11 is 0. The summed E-state index contributed by atoms with van der Waals surface area (Å²) < 4.78 is 6.79. The Kier molecular flexibility index (Phi) is 5.47. The largest absolute Gasteiger partial charge is 0.384 e. The highest BCUT2D eigenvalue weighted by Gasteiger charge is 1.98. The third kappa shape index (κ3) is 5.17. The molecule has 0 fully saturated rings. The molecule has 0 spiro atoms. The highest BCUT2D eigenvalue weighted by atomic mass is 16.5. The first-order valence-corrected chi connectivity index (χ1v) is 5.04. The lowest BCUT2D eigenvalue weighted by Crippen LogP contribution is -2.25. The van der Waals surface area contributed by atoms with Crippen molar-refractivity contribution in [1.29, 1.82) is 0 Å². The van der Waals surface area contributed by atoms with Crippen LogP contribution in [0, 0.1) is 0 Å². The van der Waals surface area contributed by atoms with E-state index in [1.807, 2.05) is 10.8 Å². The van der Waals surface area contributed by atoms with Crippen LogP contribution in [0.15, 0.2) is 18.7 Å². The van der Waals surface area contributed by atoms with E-state index in [-0.39, 0.29) is 5.91 Å². The number of nitrogens with one attached hydrogen (secondary N) is 1. The molecule has 0 aliphatic heterocycles. The maximum Gasteiger partial charge on any atom is 0.222 e. The maximum absolute atomic E-state index is 11.2. The Morgan fingerprint density at radius 3 is 3.13 bits per heavy atom. The van der Waals surface area contributed by atoms with Gasteiger partial charge in [0.2, 0.25) is 5.91 Å². The van der Waals surface area contributed by atoms with Crippen LogP contribution in [0.4, 0.5) is 0 Å². The van der Waals surface area contributed by atoms with E-state index in [2.05, 4.69) is 10.3 Å². The molecule has 0 aliphatic rings. The van der Waals surface area contributed by atoms with Crippen LogP contribution in [0.3, 0.4) is 0 Å². The first-order valence-electron chi connectivity index (χ1n) is 5.04. The average molecular weight is 211 g/mol. The van der Waals surface area contributed by atoms with Crippen molar-refractivity contribution in [2.45, 2.75) is 19.4 Å². The Bertz CT molecular complexity index is 272. The van der Waals surface area contributed by atoms with Gasteiger partial charge in [0.05, 0.1) is 12.9 Å². The Morgan fingerprint density at radius 2 is 2.47 bits per heavy atom. The number of rotatable bonds is 7. The SMILES string of the molecule is COCCC(=O)NCCCn1ccnc1. The fourth-order valence-corrected chi connectivity index (χ4v) is 1.19. The summed E-state index contributed by atoms with van der Waals surface area (Å²) in [5.41, 5.74) is 0. The Morgan fingerprint density at radius 1 is 1.60 bits per heavy atom. The second-order valence-corrected chi connectivity index (χ2v) is 3.25. The number of carbonyl (C=O) groups is 1. The lowest BCUT2D eigenvalue weighted by molar-refractivity contribution is -0.121. The van der Waals surface area contributed by atoms with E-state index in [9.17, 15) is 4.79 Å². The number of carbonyl (C=O) groups excluding carboxylic acids is 1. The minimum Gasteiger partial charge on any atom is -0.384 e. The van der Waals surface area contributed by atoms with Gasteiger partial charge in [-0.1, -0.05) is 0 Å². The highest BCUT2D eigenvalue weighted by molar-refractivity contribution is 5.75. The molecule has 0 aliphatic carbocycles. The molecule has 1 N–H and O–H groups in total. The first-order chi connectivity index (χ1) is 7.33. The molecule has 1 aromatic heterocycles. The van der Waals surface area contributed by atoms with Crippen molar-refractivity contribution in [3.05, 3.63) is 18.7 Å². The predicted molar refractivity (Wildman–Crippen MR) is 56.3 cm³/mol. The summed E-state index contributed by atoms with van der Waals surface area (Å²) in [6.07, 6.45) is 6.77. The molecule has 1 aromatic rings. The van der Waals surface area contributed by atoms with Crippen molar-refractivity contribution >= 4 is 5.91 Å². The Labute approximate surface area is 89.4 Å². The molecule has 0 saturated carbocycles. The molecule has 5 nitrogen and oxygen atoms in total. The minimum atomic E-state index is 0.0440. The standard InChI is InChI=1S/C10H17N3O2/c1-15-8-3-10(14)12-4-2-6-13-7-5-11-9-13/h5,7,9H,2-4,6,8H2,1H3,(H,12,14). The average Bonchev–Trinajstić information content (AvgIpc) is 2.74. The molecule has 0 atom stereocenters. The molecule has 1 amide bonds. The smallest absolute Gasteiger partial charge is 0.222 e. The van der Waals surface area contributed by atoms with Gasteiger partial charge in [0, 0.05) is 39.0 Å². The third-order valence-corrected chi connectivity index (χ3v) is 2.01. The quantitative estimate of drug-likeness (QED) is 0.665. The van der Waals surface area contributed by atoms with Crippen molar-refractivity contribution in [3.63, 3.8) is 0 Å². The zero-order valence-corrected chi connectivity index (χ0v) is 8.98. The number of amides is 1. The molecule has 0 saturated heterocycles. The van der Waals surface area contributed by atoms with E-state index in [4.69, 9.17) is 4.74 Å². The van der Waals surface area contributed by atoms with Crippen molar-refractivity contribution in [2.75, 3.05) is 20.3 Å². The lowest BCUT2D eigenvalue weighted by Gasteiger charge is -2.05. The zero-order chi connectivity index (χ0) is 10.9. The van der Waals surface area contributed by atoms with Gasteiger partial charge < -0.3 is 14.6 Å². The summed E-state index contributed by atoms with van der Waals surface area (Å²) in [4.78, 5) is 15.1. The van der Waals surface area contributed by atoms with Gasteiger partial charge in [-0.05, 0) is 6.42 Å². The summed E-state index contributed by atoms with van der Waals surface area (Å²) in [6.45, 7) is 2.05. The fourth-order valence-electron chi connectivity index (χ4n) is 1.19. The van der Waals surface area contributed by atoms with Crippen LogP contribution in [0.2, 0.25) is 0 Å². The second-order valence-electron chi connectivity index (χ2n) is 3.25.